The van der Waals surface area contributed by atoms with E-state index in [1.807, 2.05) is 4.72 Å². The molecule has 2 N–H and O–H groups in total. The van der Waals surface area contributed by atoms with Gasteiger partial charge in [0.15, 0.2) is 5.60 Å². The molecule has 2 aromatic rings. The molecule has 2 aromatic carbocycles. The topological polar surface area (TPSA) is 99.6 Å². The molecule has 1 aliphatic rings. The molecule has 3 unspecified atom stereocenters. The average molecular weight is 544 g/mol. The summed E-state index contributed by atoms with van der Waals surface area (Å²) in [6.45, 7) is 5.65. The number of benzene rings is 2. The predicted octanol–water partition coefficient (Wildman–Crippen LogP) is 4.73. The molecule has 1 saturated heterocycles. The first-order valence-corrected chi connectivity index (χ1v) is 13.1. The number of likely N-dealkylation sites (tertiary alicyclic amines) is 1. The number of nitrogens with zero attached hydrogens (tertiary/aromatic N) is 1. The van der Waals surface area contributed by atoms with E-state index in [1.165, 1.54) is 30.9 Å². The van der Waals surface area contributed by atoms with Gasteiger partial charge in [0, 0.05) is 19.5 Å². The van der Waals surface area contributed by atoms with Crippen LogP contribution in [0.1, 0.15) is 38.3 Å². The standard InChI is InChI=1S/C25H29F4N3O4S/c1-15-10-19(14-20(26)11-15)18-7-5-6-17(12-18)13-22-21(31-37(30,35)25(27,28)29)8-9-32(22)23(34)24(3,4)36-16(2)33/h5-7,10-12,14,21-22H,8-9,13H2,1-4H3,(H2,30,31,35). The summed E-state index contributed by atoms with van der Waals surface area (Å²) in [6, 6.07) is 9.41. The normalized spacial score (nSPS) is 19.9. The minimum absolute atomic E-state index is 0.00128. The number of amides is 1. The molecule has 202 valence electrons. The van der Waals surface area contributed by atoms with Gasteiger partial charge in [0.25, 0.3) is 5.91 Å². The fraction of sp³-hybridized carbons (Fsp3) is 0.440. The van der Waals surface area contributed by atoms with Crippen molar-refractivity contribution in [3.05, 3.63) is 59.4 Å². The molecule has 1 amide bonds. The summed E-state index contributed by atoms with van der Waals surface area (Å²) >= 11 is 0. The second-order valence-corrected chi connectivity index (χ2v) is 11.4. The molecule has 7 nitrogen and oxygen atoms in total. The molecular formula is C25H29F4N3O4S. The highest BCUT2D eigenvalue weighted by Gasteiger charge is 2.48. The Bertz CT molecular complexity index is 1270. The Kier molecular flexibility index (Phi) is 8.04. The number of ether oxygens (including phenoxy) is 1. The lowest BCUT2D eigenvalue weighted by Gasteiger charge is -2.34. The van der Waals surface area contributed by atoms with Crippen LogP contribution < -0.4 is 4.72 Å². The van der Waals surface area contributed by atoms with E-state index in [0.29, 0.717) is 22.3 Å². The van der Waals surface area contributed by atoms with Gasteiger partial charge in [-0.3, -0.25) is 9.59 Å². The molecule has 12 heteroatoms. The fourth-order valence-electron chi connectivity index (χ4n) is 4.55. The van der Waals surface area contributed by atoms with Gasteiger partial charge in [-0.05, 0) is 68.0 Å². The maximum absolute atomic E-state index is 14.0. The van der Waals surface area contributed by atoms with Crippen molar-refractivity contribution in [1.82, 2.24) is 9.62 Å². The lowest BCUT2D eigenvalue weighted by Crippen LogP contribution is -2.54. The smallest absolute Gasteiger partial charge is 0.450 e. The molecule has 3 atom stereocenters. The van der Waals surface area contributed by atoms with Crippen molar-refractivity contribution in [2.45, 2.75) is 63.7 Å². The zero-order chi connectivity index (χ0) is 27.8. The Hall–Kier alpha value is -2.99. The van der Waals surface area contributed by atoms with E-state index in [4.69, 9.17) is 9.52 Å². The van der Waals surface area contributed by atoms with Gasteiger partial charge in [-0.15, -0.1) is 0 Å². The van der Waals surface area contributed by atoms with Crippen LogP contribution in [0.15, 0.2) is 42.5 Å². The Morgan fingerprint density at radius 3 is 2.43 bits per heavy atom. The minimum Gasteiger partial charge on any atom is -0.450 e. The van der Waals surface area contributed by atoms with Crippen molar-refractivity contribution in [3.8, 4) is 11.1 Å². The number of hydrogen-bond acceptors (Lipinski definition) is 5. The van der Waals surface area contributed by atoms with Gasteiger partial charge in [0.1, 0.15) is 5.82 Å². The summed E-state index contributed by atoms with van der Waals surface area (Å²) in [5.74, 6) is -1.74. The first-order chi connectivity index (χ1) is 17.0. The summed E-state index contributed by atoms with van der Waals surface area (Å²) < 4.78 is 80.2. The van der Waals surface area contributed by atoms with E-state index in [9.17, 15) is 31.4 Å². The zero-order valence-electron chi connectivity index (χ0n) is 20.8. The Morgan fingerprint density at radius 1 is 1.16 bits per heavy atom. The average Bonchev–Trinajstić information content (AvgIpc) is 3.12. The molecule has 1 aliphatic heterocycles. The lowest BCUT2D eigenvalue weighted by atomic mass is 9.95. The number of hydrogen-bond donors (Lipinski definition) is 2. The second kappa shape index (κ2) is 10.4. The number of halogens is 4. The molecule has 1 heterocycles. The van der Waals surface area contributed by atoms with Crippen molar-refractivity contribution in [3.63, 3.8) is 0 Å². The van der Waals surface area contributed by atoms with Gasteiger partial charge < -0.3 is 9.64 Å². The van der Waals surface area contributed by atoms with Crippen LogP contribution in [0.2, 0.25) is 0 Å². The predicted molar refractivity (Wildman–Crippen MR) is 130 cm³/mol. The minimum atomic E-state index is -5.30. The lowest BCUT2D eigenvalue weighted by molar-refractivity contribution is -0.169. The van der Waals surface area contributed by atoms with Crippen LogP contribution in [0, 0.1) is 17.5 Å². The molecule has 0 saturated carbocycles. The number of aryl methyl sites for hydroxylation is 1. The Balaban J connectivity index is 1.98. The van der Waals surface area contributed by atoms with Crippen LogP contribution in [0.3, 0.4) is 0 Å². The van der Waals surface area contributed by atoms with Crippen molar-refractivity contribution >= 4 is 21.8 Å². The molecule has 37 heavy (non-hydrogen) atoms. The van der Waals surface area contributed by atoms with Crippen molar-refractivity contribution in [2.75, 3.05) is 6.54 Å². The highest BCUT2D eigenvalue weighted by Crippen LogP contribution is 2.31. The summed E-state index contributed by atoms with van der Waals surface area (Å²) in [6.07, 6.45) is 0.0519. The molecule has 0 radical (unpaired) electrons. The molecule has 0 spiro atoms. The van der Waals surface area contributed by atoms with Crippen LogP contribution in [-0.2, 0) is 30.7 Å². The van der Waals surface area contributed by atoms with Crippen molar-refractivity contribution < 1.29 is 36.1 Å². The third-order valence-corrected chi connectivity index (χ3v) is 7.40. The third-order valence-electron chi connectivity index (χ3n) is 6.11. The van der Waals surface area contributed by atoms with E-state index in [1.54, 1.807) is 37.3 Å². The number of rotatable bonds is 7. The highest BCUT2D eigenvalue weighted by molar-refractivity contribution is 7.91. The van der Waals surface area contributed by atoms with E-state index in [-0.39, 0.29) is 19.4 Å². The van der Waals surface area contributed by atoms with E-state index in [2.05, 4.69) is 0 Å². The van der Waals surface area contributed by atoms with Gasteiger partial charge in [-0.1, -0.05) is 30.3 Å². The summed E-state index contributed by atoms with van der Waals surface area (Å²) in [5.41, 5.74) is -4.28. The number of esters is 1. The number of carbonyl (C=O) groups is 2. The van der Waals surface area contributed by atoms with Gasteiger partial charge in [0.05, 0.1) is 6.04 Å². The maximum Gasteiger partial charge on any atom is 0.492 e. The number of alkyl halides is 3. The quantitative estimate of drug-likeness (QED) is 0.390. The summed E-state index contributed by atoms with van der Waals surface area (Å²) in [7, 11) is -5.19. The van der Waals surface area contributed by atoms with Crippen LogP contribution in [0.4, 0.5) is 17.6 Å². The molecule has 3 rings (SSSR count). The van der Waals surface area contributed by atoms with Crippen molar-refractivity contribution in [2.24, 2.45) is 0 Å². The second-order valence-electron chi connectivity index (χ2n) is 9.61. The first kappa shape index (κ1) is 28.6. The highest BCUT2D eigenvalue weighted by atomic mass is 32.2. The molecule has 0 aromatic heterocycles. The van der Waals surface area contributed by atoms with Crippen molar-refractivity contribution in [1.29, 1.82) is 4.78 Å². The first-order valence-electron chi connectivity index (χ1n) is 11.5. The summed E-state index contributed by atoms with van der Waals surface area (Å²) in [5, 5.41) is 0. The molecular weight excluding hydrogens is 514 g/mol. The zero-order valence-corrected chi connectivity index (χ0v) is 21.6. The van der Waals surface area contributed by atoms with Crippen LogP contribution in [0.25, 0.3) is 11.1 Å². The fourth-order valence-corrected chi connectivity index (χ4v) is 5.38. The van der Waals surface area contributed by atoms with Gasteiger partial charge >= 0.3 is 11.5 Å². The SMILES string of the molecule is CC(=O)OC(C)(C)C(=O)N1CCC(NS(=N)(=O)C(F)(F)F)C1Cc1cccc(-c2cc(C)cc(F)c2)c1. The molecule has 1 fully saturated rings. The number of carbonyl (C=O) groups excluding carboxylic acids is 2. The van der Waals surface area contributed by atoms with E-state index < -0.39 is 50.8 Å². The van der Waals surface area contributed by atoms with Crippen LogP contribution >= 0.6 is 0 Å². The Labute approximate surface area is 213 Å². The maximum atomic E-state index is 14.0. The molecule has 0 aliphatic carbocycles. The third kappa shape index (κ3) is 6.67. The number of nitrogens with one attached hydrogen (secondary N) is 2. The van der Waals surface area contributed by atoms with Gasteiger partial charge in [-0.25, -0.2) is 18.1 Å². The van der Waals surface area contributed by atoms with Gasteiger partial charge in [-0.2, -0.15) is 13.2 Å². The van der Waals surface area contributed by atoms with E-state index >= 15 is 0 Å². The largest absolute Gasteiger partial charge is 0.492 e. The molecule has 0 bridgehead atoms. The van der Waals surface area contributed by atoms with Gasteiger partial charge in [0.2, 0.25) is 9.92 Å². The van der Waals surface area contributed by atoms with Crippen LogP contribution in [0.5, 0.6) is 0 Å². The summed E-state index contributed by atoms with van der Waals surface area (Å²) in [4.78, 5) is 26.1. The van der Waals surface area contributed by atoms with Crippen LogP contribution in [-0.4, -0.2) is 50.7 Å². The Morgan fingerprint density at radius 2 is 1.84 bits per heavy atom. The monoisotopic (exact) mass is 543 g/mol. The van der Waals surface area contributed by atoms with E-state index in [0.717, 1.165) is 6.92 Å².